The van der Waals surface area contributed by atoms with Gasteiger partial charge in [0.05, 0.1) is 17.4 Å². The molecule has 38 heavy (non-hydrogen) atoms. The molecule has 1 saturated carbocycles. The van der Waals surface area contributed by atoms with Crippen LogP contribution < -0.4 is 21.3 Å². The van der Waals surface area contributed by atoms with E-state index in [1.165, 1.54) is 6.07 Å². The van der Waals surface area contributed by atoms with Crippen molar-refractivity contribution in [2.24, 2.45) is 11.1 Å². The van der Waals surface area contributed by atoms with Crippen LogP contribution in [0.2, 0.25) is 0 Å². The molecule has 1 amide bonds. The first kappa shape index (κ1) is 27.9. The predicted octanol–water partition coefficient (Wildman–Crippen LogP) is 5.24. The summed E-state index contributed by atoms with van der Waals surface area (Å²) in [7, 11) is 0. The number of primary amides is 1. The van der Waals surface area contributed by atoms with Gasteiger partial charge in [0.2, 0.25) is 0 Å². The normalized spacial score (nSPS) is 21.7. The number of nitrogens with zero attached hydrogens (tertiary/aromatic N) is 3. The molecule has 0 atom stereocenters. The first-order valence-electron chi connectivity index (χ1n) is 13.2. The van der Waals surface area contributed by atoms with Crippen molar-refractivity contribution in [3.63, 3.8) is 0 Å². The molecule has 11 heteroatoms. The van der Waals surface area contributed by atoms with Gasteiger partial charge in [0, 0.05) is 30.5 Å². The van der Waals surface area contributed by atoms with Gasteiger partial charge in [-0.05, 0) is 68.6 Å². The van der Waals surface area contributed by atoms with E-state index >= 15 is 0 Å². The molecule has 2 aliphatic rings. The van der Waals surface area contributed by atoms with Crippen LogP contribution in [0.3, 0.4) is 0 Å². The summed E-state index contributed by atoms with van der Waals surface area (Å²) in [6.07, 6.45) is 0.191. The minimum atomic E-state index is -4.57. The van der Waals surface area contributed by atoms with Crippen molar-refractivity contribution in [1.82, 2.24) is 9.97 Å². The number of rotatable bonds is 7. The molecule has 0 bridgehead atoms. The highest BCUT2D eigenvalue weighted by Crippen LogP contribution is 2.41. The van der Waals surface area contributed by atoms with E-state index in [4.69, 9.17) is 5.73 Å². The van der Waals surface area contributed by atoms with Gasteiger partial charge in [-0.2, -0.15) is 13.2 Å². The molecule has 5 N–H and O–H groups in total. The first-order chi connectivity index (χ1) is 17.9. The molecule has 2 aromatic rings. The van der Waals surface area contributed by atoms with Crippen LogP contribution in [-0.4, -0.2) is 46.2 Å². The van der Waals surface area contributed by atoms with Gasteiger partial charge in [0.25, 0.3) is 5.91 Å². The molecule has 0 spiro atoms. The summed E-state index contributed by atoms with van der Waals surface area (Å²) in [4.78, 5) is 23.0. The van der Waals surface area contributed by atoms with Crippen LogP contribution in [-0.2, 0) is 12.6 Å². The zero-order valence-electron chi connectivity index (χ0n) is 22.2. The van der Waals surface area contributed by atoms with Crippen LogP contribution in [0.5, 0.6) is 0 Å². The van der Waals surface area contributed by atoms with E-state index in [0.717, 1.165) is 31.7 Å². The van der Waals surface area contributed by atoms with Crippen LogP contribution in [0.1, 0.15) is 81.0 Å². The highest BCUT2D eigenvalue weighted by molar-refractivity contribution is 5.96. The van der Waals surface area contributed by atoms with Crippen molar-refractivity contribution >= 4 is 28.9 Å². The molecule has 1 aliphatic heterocycles. The minimum Gasteiger partial charge on any atom is -0.393 e. The molecule has 2 heterocycles. The Morgan fingerprint density at radius 2 is 1.89 bits per heavy atom. The molecular weight excluding hydrogens is 497 g/mol. The summed E-state index contributed by atoms with van der Waals surface area (Å²) in [6.45, 7) is 7.09. The zero-order valence-corrected chi connectivity index (χ0v) is 22.2. The Morgan fingerprint density at radius 3 is 2.50 bits per heavy atom. The third-order valence-corrected chi connectivity index (χ3v) is 7.38. The number of aliphatic hydroxyl groups is 1. The number of piperidine rings is 1. The number of halogens is 3. The molecular formula is C27H37F3N6O2. The van der Waals surface area contributed by atoms with Gasteiger partial charge < -0.3 is 26.4 Å². The van der Waals surface area contributed by atoms with Gasteiger partial charge >= 0.3 is 6.18 Å². The molecule has 2 fully saturated rings. The van der Waals surface area contributed by atoms with Gasteiger partial charge in [-0.15, -0.1) is 0 Å². The topological polar surface area (TPSA) is 116 Å². The number of benzene rings is 1. The lowest BCUT2D eigenvalue weighted by molar-refractivity contribution is -0.137. The zero-order chi connectivity index (χ0) is 27.7. The Bertz CT molecular complexity index is 1160. The number of amides is 1. The summed E-state index contributed by atoms with van der Waals surface area (Å²) in [6, 6.07) is 4.14. The summed E-state index contributed by atoms with van der Waals surface area (Å²) in [5.74, 6) is -0.386. The molecule has 8 nitrogen and oxygen atoms in total. The average molecular weight is 535 g/mol. The van der Waals surface area contributed by atoms with Crippen molar-refractivity contribution in [3.05, 3.63) is 35.2 Å². The monoisotopic (exact) mass is 534 g/mol. The SMILES string of the molecule is CCc1nc(C(N)=O)c(Nc2ccc(N3CCCC(C)(C)C3)c(C(F)(F)F)c2)nc1N[C@H]1CC[C@H](O)CC1. The number of aromatic nitrogens is 2. The maximum absolute atomic E-state index is 14.2. The summed E-state index contributed by atoms with van der Waals surface area (Å²) >= 11 is 0. The Kier molecular flexibility index (Phi) is 8.06. The van der Waals surface area contributed by atoms with Gasteiger partial charge in [0.15, 0.2) is 11.5 Å². The van der Waals surface area contributed by atoms with Crippen molar-refractivity contribution in [3.8, 4) is 0 Å². The first-order valence-corrected chi connectivity index (χ1v) is 13.2. The van der Waals surface area contributed by atoms with Crippen molar-refractivity contribution in [1.29, 1.82) is 0 Å². The lowest BCUT2D eigenvalue weighted by Crippen LogP contribution is -2.41. The molecule has 1 aromatic carbocycles. The van der Waals surface area contributed by atoms with E-state index in [0.29, 0.717) is 43.9 Å². The van der Waals surface area contributed by atoms with Gasteiger partial charge in [-0.3, -0.25) is 4.79 Å². The fraction of sp³-hybridized carbons (Fsp3) is 0.593. The van der Waals surface area contributed by atoms with Crippen LogP contribution in [0.25, 0.3) is 0 Å². The molecule has 1 saturated heterocycles. The number of hydrogen-bond donors (Lipinski definition) is 4. The van der Waals surface area contributed by atoms with Crippen LogP contribution >= 0.6 is 0 Å². The Labute approximate surface area is 221 Å². The molecule has 0 unspecified atom stereocenters. The number of aliphatic hydroxyl groups excluding tert-OH is 1. The van der Waals surface area contributed by atoms with Crippen molar-refractivity contribution in [2.45, 2.75) is 84.0 Å². The van der Waals surface area contributed by atoms with E-state index in [-0.39, 0.29) is 40.4 Å². The number of hydrogen-bond acceptors (Lipinski definition) is 7. The minimum absolute atomic E-state index is 0.00646. The molecule has 208 valence electrons. The van der Waals surface area contributed by atoms with Gasteiger partial charge in [-0.25, -0.2) is 9.97 Å². The summed E-state index contributed by atoms with van der Waals surface area (Å²) < 4.78 is 42.6. The van der Waals surface area contributed by atoms with Crippen LogP contribution in [0.15, 0.2) is 18.2 Å². The fourth-order valence-corrected chi connectivity index (χ4v) is 5.39. The molecule has 4 rings (SSSR count). The van der Waals surface area contributed by atoms with E-state index in [2.05, 4.69) is 34.4 Å². The second-order valence-electron chi connectivity index (χ2n) is 11.1. The number of nitrogens with one attached hydrogen (secondary N) is 2. The third-order valence-electron chi connectivity index (χ3n) is 7.38. The molecule has 1 aromatic heterocycles. The van der Waals surface area contributed by atoms with E-state index < -0.39 is 17.6 Å². The Morgan fingerprint density at radius 1 is 1.18 bits per heavy atom. The maximum atomic E-state index is 14.2. The highest BCUT2D eigenvalue weighted by atomic mass is 19.4. The second kappa shape index (κ2) is 11.0. The number of carbonyl (C=O) groups excluding carboxylic acids is 1. The van der Waals surface area contributed by atoms with Crippen molar-refractivity contribution < 1.29 is 23.1 Å². The standard InChI is InChI=1S/C27H37F3N6O2/c1-4-20-24(32-16-6-9-18(37)10-7-16)35-25(22(34-20)23(31)38)33-17-8-11-21(19(14-17)27(28,29)30)36-13-5-12-26(2,3)15-36/h8,11,14,16,18,37H,4-7,9-10,12-13,15H2,1-3H3,(H2,31,38)(H2,32,33,35)/t16-,18-. The maximum Gasteiger partial charge on any atom is 0.418 e. The number of aryl methyl sites for hydroxylation is 1. The number of anilines is 4. The largest absolute Gasteiger partial charge is 0.418 e. The van der Waals surface area contributed by atoms with Gasteiger partial charge in [-0.1, -0.05) is 20.8 Å². The number of alkyl halides is 3. The molecule has 0 radical (unpaired) electrons. The summed E-state index contributed by atoms with van der Waals surface area (Å²) in [5, 5.41) is 16.0. The quantitative estimate of drug-likeness (QED) is 0.384. The highest BCUT2D eigenvalue weighted by Gasteiger charge is 2.37. The van der Waals surface area contributed by atoms with E-state index in [1.807, 2.05) is 6.92 Å². The summed E-state index contributed by atoms with van der Waals surface area (Å²) in [5.41, 5.74) is 5.41. The van der Waals surface area contributed by atoms with Crippen LogP contribution in [0.4, 0.5) is 36.2 Å². The van der Waals surface area contributed by atoms with Crippen LogP contribution in [0, 0.1) is 5.41 Å². The fourth-order valence-electron chi connectivity index (χ4n) is 5.39. The van der Waals surface area contributed by atoms with E-state index in [9.17, 15) is 23.1 Å². The number of carbonyl (C=O) groups is 1. The molecule has 1 aliphatic carbocycles. The van der Waals surface area contributed by atoms with Gasteiger partial charge in [0.1, 0.15) is 5.82 Å². The smallest absolute Gasteiger partial charge is 0.393 e. The number of nitrogens with two attached hydrogens (primary N) is 1. The predicted molar refractivity (Wildman–Crippen MR) is 142 cm³/mol. The Hall–Kier alpha value is -3.08. The third kappa shape index (κ3) is 6.48. The lowest BCUT2D eigenvalue weighted by Gasteiger charge is -2.40. The lowest BCUT2D eigenvalue weighted by atomic mass is 9.84. The van der Waals surface area contributed by atoms with Crippen molar-refractivity contribution in [2.75, 3.05) is 28.6 Å². The second-order valence-corrected chi connectivity index (χ2v) is 11.1. The average Bonchev–Trinajstić information content (AvgIpc) is 2.84. The van der Waals surface area contributed by atoms with E-state index in [1.54, 1.807) is 11.0 Å². The Balaban J connectivity index is 1.67.